The van der Waals surface area contributed by atoms with Gasteiger partial charge in [0.15, 0.2) is 5.58 Å². The minimum Gasteiger partial charge on any atom is -0.437 e. The minimum atomic E-state index is -1.34. The fourth-order valence-corrected chi connectivity index (χ4v) is 5.38. The van der Waals surface area contributed by atoms with E-state index in [-0.39, 0.29) is 0 Å². The van der Waals surface area contributed by atoms with Gasteiger partial charge in [-0.1, -0.05) is 43.0 Å². The highest BCUT2D eigenvalue weighted by atomic mass is 28.3. The predicted octanol–water partition coefficient (Wildman–Crippen LogP) is 5.48. The van der Waals surface area contributed by atoms with Crippen LogP contribution in [0.25, 0.3) is 44.2 Å². The van der Waals surface area contributed by atoms with Crippen molar-refractivity contribution in [2.75, 3.05) is 0 Å². The van der Waals surface area contributed by atoms with Crippen LogP contribution in [0.5, 0.6) is 0 Å². The minimum absolute atomic E-state index is 0.692. The Morgan fingerprint density at radius 1 is 0.931 bits per heavy atom. The Morgan fingerprint density at radius 3 is 2.55 bits per heavy atom. The first-order chi connectivity index (χ1) is 13.8. The Bertz CT molecular complexity index is 1410. The van der Waals surface area contributed by atoms with Crippen molar-refractivity contribution in [3.8, 4) is 11.3 Å². The van der Waals surface area contributed by atoms with Gasteiger partial charge >= 0.3 is 0 Å². The lowest BCUT2D eigenvalue weighted by molar-refractivity contribution is -0.633. The molecule has 5 aromatic rings. The van der Waals surface area contributed by atoms with E-state index in [0.29, 0.717) is 5.71 Å². The monoisotopic (exact) mass is 397 g/mol. The van der Waals surface area contributed by atoms with Gasteiger partial charge in [-0.25, -0.2) is 4.98 Å². The number of benzene rings is 2. The summed E-state index contributed by atoms with van der Waals surface area (Å²) in [6.07, 6.45) is 1.78. The average molecular weight is 398 g/mol. The fraction of sp³-hybridized carbons (Fsp3) is 0.200. The number of aryl methyl sites for hydroxylation is 2. The maximum Gasteiger partial charge on any atom is 0.227 e. The molecule has 0 unspecified atom stereocenters. The molecule has 0 aliphatic rings. The Morgan fingerprint density at radius 2 is 1.76 bits per heavy atom. The van der Waals surface area contributed by atoms with Crippen molar-refractivity contribution in [3.05, 3.63) is 66.4 Å². The van der Waals surface area contributed by atoms with E-state index in [9.17, 15) is 0 Å². The van der Waals surface area contributed by atoms with Crippen LogP contribution in [0, 0.1) is 6.92 Å². The number of furan rings is 1. The van der Waals surface area contributed by atoms with Gasteiger partial charge in [-0.15, -0.1) is 0 Å². The van der Waals surface area contributed by atoms with Gasteiger partial charge in [-0.3, -0.25) is 0 Å². The molecule has 2 aromatic carbocycles. The van der Waals surface area contributed by atoms with Crippen molar-refractivity contribution in [1.82, 2.24) is 4.98 Å². The molecule has 0 aliphatic carbocycles. The zero-order valence-corrected chi connectivity index (χ0v) is 18.6. The summed E-state index contributed by atoms with van der Waals surface area (Å²) in [5.74, 6) is 0. The van der Waals surface area contributed by atoms with Crippen LogP contribution in [0.15, 0.2) is 65.2 Å². The van der Waals surface area contributed by atoms with E-state index in [0.717, 1.165) is 27.6 Å². The lowest BCUT2D eigenvalue weighted by atomic mass is 10.00. The molecule has 0 radical (unpaired) electrons. The zero-order valence-electron chi connectivity index (χ0n) is 17.6. The van der Waals surface area contributed by atoms with Crippen LogP contribution in [0.3, 0.4) is 0 Å². The molecule has 0 bridgehead atoms. The zero-order chi connectivity index (χ0) is 20.3. The molecule has 3 nitrogen and oxygen atoms in total. The van der Waals surface area contributed by atoms with Gasteiger partial charge in [0.2, 0.25) is 16.9 Å². The van der Waals surface area contributed by atoms with Crippen LogP contribution in [0.1, 0.15) is 5.56 Å². The summed E-state index contributed by atoms with van der Waals surface area (Å²) in [6.45, 7) is 9.32. The summed E-state index contributed by atoms with van der Waals surface area (Å²) >= 11 is 0. The van der Waals surface area contributed by atoms with Crippen LogP contribution in [-0.4, -0.2) is 13.1 Å². The van der Waals surface area contributed by atoms with Gasteiger partial charge in [-0.2, -0.15) is 4.57 Å². The molecular weight excluding hydrogens is 372 g/mol. The highest BCUT2D eigenvalue weighted by Gasteiger charge is 2.23. The Labute approximate surface area is 171 Å². The SMILES string of the molecule is Cc1ccc2c(oc3ncccc32)c1-c1ccc2cc([Si](C)(C)C)ccc2[n+]1C. The van der Waals surface area contributed by atoms with Crippen LogP contribution in [0.2, 0.25) is 19.6 Å². The molecule has 0 amide bonds. The van der Waals surface area contributed by atoms with Crippen LogP contribution in [0.4, 0.5) is 0 Å². The van der Waals surface area contributed by atoms with Crippen molar-refractivity contribution in [2.24, 2.45) is 7.05 Å². The lowest BCUT2D eigenvalue weighted by Crippen LogP contribution is -2.38. The third kappa shape index (κ3) is 2.78. The van der Waals surface area contributed by atoms with Gasteiger partial charge < -0.3 is 4.42 Å². The fourth-order valence-electron chi connectivity index (χ4n) is 4.21. The second kappa shape index (κ2) is 6.26. The van der Waals surface area contributed by atoms with Crippen molar-refractivity contribution < 1.29 is 8.98 Å². The third-order valence-electron chi connectivity index (χ3n) is 5.92. The molecule has 3 heterocycles. The lowest BCUT2D eigenvalue weighted by Gasteiger charge is -2.16. The molecule has 4 heteroatoms. The number of nitrogens with zero attached hydrogens (tertiary/aromatic N) is 2. The maximum atomic E-state index is 6.23. The number of hydrogen-bond acceptors (Lipinski definition) is 2. The first-order valence-electron chi connectivity index (χ1n) is 10.0. The molecule has 5 rings (SSSR count). The van der Waals surface area contributed by atoms with Crippen molar-refractivity contribution >= 4 is 46.2 Å². The molecule has 0 N–H and O–H groups in total. The van der Waals surface area contributed by atoms with Crippen molar-refractivity contribution in [2.45, 2.75) is 26.6 Å². The first-order valence-corrected chi connectivity index (χ1v) is 13.5. The summed E-state index contributed by atoms with van der Waals surface area (Å²) < 4.78 is 8.51. The average Bonchev–Trinajstić information content (AvgIpc) is 3.06. The summed E-state index contributed by atoms with van der Waals surface area (Å²) in [5, 5.41) is 4.95. The normalized spacial score (nSPS) is 12.3. The number of rotatable bonds is 2. The Balaban J connectivity index is 1.80. The van der Waals surface area contributed by atoms with E-state index < -0.39 is 8.07 Å². The summed E-state index contributed by atoms with van der Waals surface area (Å²) in [4.78, 5) is 4.42. The van der Waals surface area contributed by atoms with Gasteiger partial charge in [0.05, 0.1) is 13.6 Å². The number of fused-ring (bicyclic) bond motifs is 4. The van der Waals surface area contributed by atoms with Gasteiger partial charge in [0, 0.05) is 34.5 Å². The number of aromatic nitrogens is 2. The second-order valence-corrected chi connectivity index (χ2v) is 14.0. The van der Waals surface area contributed by atoms with Crippen molar-refractivity contribution in [1.29, 1.82) is 0 Å². The molecule has 0 spiro atoms. The molecule has 29 heavy (non-hydrogen) atoms. The smallest absolute Gasteiger partial charge is 0.227 e. The summed E-state index contributed by atoms with van der Waals surface area (Å²) in [7, 11) is 0.803. The molecular formula is C25H25N2OSi+. The standard InChI is InChI=1S/C25H25N2OSi/c1-16-8-11-19-20-7-6-14-26-25(20)28-24(19)23(16)22-12-9-17-15-18(29(3,4)5)10-13-21(17)27(22)2/h6-15H,1-5H3/q+1. The molecule has 3 aromatic heterocycles. The summed E-state index contributed by atoms with van der Waals surface area (Å²) in [5.41, 5.74) is 6.32. The van der Waals surface area contributed by atoms with Crippen LogP contribution < -0.4 is 9.75 Å². The van der Waals surface area contributed by atoms with E-state index in [1.54, 1.807) is 6.20 Å². The summed E-state index contributed by atoms with van der Waals surface area (Å²) in [6, 6.07) is 19.8. The number of pyridine rings is 2. The number of hydrogen-bond donors (Lipinski definition) is 0. The topological polar surface area (TPSA) is 29.9 Å². The second-order valence-electron chi connectivity index (χ2n) is 8.89. The van der Waals surface area contributed by atoms with Gasteiger partial charge in [0.25, 0.3) is 0 Å². The van der Waals surface area contributed by atoms with E-state index in [1.807, 2.05) is 6.07 Å². The predicted molar refractivity (Wildman–Crippen MR) is 123 cm³/mol. The molecule has 144 valence electrons. The van der Waals surface area contributed by atoms with E-state index in [4.69, 9.17) is 4.42 Å². The molecule has 0 fully saturated rings. The van der Waals surface area contributed by atoms with Gasteiger partial charge in [0.1, 0.15) is 7.05 Å². The molecule has 0 saturated carbocycles. The third-order valence-corrected chi connectivity index (χ3v) is 7.96. The van der Waals surface area contributed by atoms with E-state index in [1.165, 1.54) is 21.7 Å². The highest BCUT2D eigenvalue weighted by Crippen LogP contribution is 2.36. The van der Waals surface area contributed by atoms with E-state index >= 15 is 0 Å². The molecule has 0 atom stereocenters. The largest absolute Gasteiger partial charge is 0.437 e. The van der Waals surface area contributed by atoms with Crippen LogP contribution >= 0.6 is 0 Å². The molecule has 0 saturated heterocycles. The molecule has 0 aliphatic heterocycles. The maximum absolute atomic E-state index is 6.23. The first kappa shape index (κ1) is 18.1. The quantitative estimate of drug-likeness (QED) is 0.292. The van der Waals surface area contributed by atoms with Gasteiger partial charge in [-0.05, 0) is 36.8 Å². The van der Waals surface area contributed by atoms with E-state index in [2.05, 4.69) is 91.7 Å². The van der Waals surface area contributed by atoms with Crippen LogP contribution in [-0.2, 0) is 7.05 Å². The Hall–Kier alpha value is -2.98. The van der Waals surface area contributed by atoms with Crippen molar-refractivity contribution in [3.63, 3.8) is 0 Å². The Kier molecular flexibility index (Phi) is 3.90. The highest BCUT2D eigenvalue weighted by molar-refractivity contribution is 6.88.